The standard InChI is InChI=1S/C27H34Cl2N4S2/c28-22-4-8-24(9-5-22)30-26(34)32-16-12-20(13-17-32)2-1-3-21-14-18-33(19-15-21)27(35)31-25-10-6-23(29)7-11-25/h4-11,20-21H,1-3,12-19H2,(H,30,34)(H,31,35). The molecule has 0 unspecified atom stereocenters. The molecule has 4 rings (SSSR count). The molecule has 8 heteroatoms. The SMILES string of the molecule is S=C(Nc1ccc(Cl)cc1)N1CCC(CCCC2CCN(C(=S)Nc3ccc(Cl)cc3)CC2)CC1. The molecule has 0 atom stereocenters. The lowest BCUT2D eigenvalue weighted by atomic mass is 9.87. The Kier molecular flexibility index (Phi) is 9.90. The largest absolute Gasteiger partial charge is 0.349 e. The van der Waals surface area contributed by atoms with Crippen LogP contribution in [0.15, 0.2) is 48.5 Å². The zero-order valence-electron chi connectivity index (χ0n) is 20.0. The predicted octanol–water partition coefficient (Wildman–Crippen LogP) is 7.68. The highest BCUT2D eigenvalue weighted by Crippen LogP contribution is 2.28. The first-order valence-electron chi connectivity index (χ1n) is 12.6. The van der Waals surface area contributed by atoms with E-state index in [4.69, 9.17) is 47.6 Å². The minimum atomic E-state index is 0.738. The lowest BCUT2D eigenvalue weighted by Gasteiger charge is -2.35. The van der Waals surface area contributed by atoms with Gasteiger partial charge in [0.25, 0.3) is 0 Å². The third kappa shape index (κ3) is 8.21. The molecule has 0 aliphatic carbocycles. The first-order valence-corrected chi connectivity index (χ1v) is 14.2. The molecule has 4 nitrogen and oxygen atoms in total. The average Bonchev–Trinajstić information content (AvgIpc) is 2.87. The van der Waals surface area contributed by atoms with Crippen LogP contribution in [0.2, 0.25) is 10.0 Å². The highest BCUT2D eigenvalue weighted by molar-refractivity contribution is 7.80. The molecule has 0 amide bonds. The second kappa shape index (κ2) is 13.1. The van der Waals surface area contributed by atoms with Gasteiger partial charge < -0.3 is 20.4 Å². The van der Waals surface area contributed by atoms with Crippen LogP contribution in [-0.2, 0) is 0 Å². The van der Waals surface area contributed by atoms with Crippen molar-refractivity contribution >= 4 is 69.2 Å². The monoisotopic (exact) mass is 548 g/mol. The maximum atomic E-state index is 5.97. The van der Waals surface area contributed by atoms with Crippen molar-refractivity contribution in [3.8, 4) is 0 Å². The van der Waals surface area contributed by atoms with Crippen LogP contribution < -0.4 is 10.6 Å². The number of nitrogens with zero attached hydrogens (tertiary/aromatic N) is 2. The second-order valence-electron chi connectivity index (χ2n) is 9.67. The van der Waals surface area contributed by atoms with Crippen LogP contribution >= 0.6 is 47.6 Å². The van der Waals surface area contributed by atoms with E-state index < -0.39 is 0 Å². The summed E-state index contributed by atoms with van der Waals surface area (Å²) < 4.78 is 0. The molecule has 2 aromatic rings. The number of anilines is 2. The van der Waals surface area contributed by atoms with Crippen LogP contribution in [0, 0.1) is 11.8 Å². The second-order valence-corrected chi connectivity index (χ2v) is 11.3. The van der Waals surface area contributed by atoms with E-state index in [0.717, 1.165) is 69.7 Å². The molecule has 2 heterocycles. The minimum Gasteiger partial charge on any atom is -0.349 e. The molecule has 2 fully saturated rings. The summed E-state index contributed by atoms with van der Waals surface area (Å²) in [6, 6.07) is 15.4. The van der Waals surface area contributed by atoms with Crippen LogP contribution in [-0.4, -0.2) is 46.2 Å². The summed E-state index contributed by atoms with van der Waals surface area (Å²) in [7, 11) is 0. The van der Waals surface area contributed by atoms with E-state index in [-0.39, 0.29) is 0 Å². The summed E-state index contributed by atoms with van der Waals surface area (Å²) >= 11 is 23.2. The van der Waals surface area contributed by atoms with Gasteiger partial charge >= 0.3 is 0 Å². The van der Waals surface area contributed by atoms with Gasteiger partial charge in [0, 0.05) is 47.6 Å². The number of hydrogen-bond donors (Lipinski definition) is 2. The molecule has 188 valence electrons. The molecule has 2 saturated heterocycles. The Hall–Kier alpha value is -1.60. The van der Waals surface area contributed by atoms with Gasteiger partial charge in [-0.3, -0.25) is 0 Å². The van der Waals surface area contributed by atoms with E-state index in [2.05, 4.69) is 20.4 Å². The molecule has 2 aromatic carbocycles. The highest BCUT2D eigenvalue weighted by atomic mass is 35.5. The van der Waals surface area contributed by atoms with Gasteiger partial charge in [-0.05, 0) is 110 Å². The van der Waals surface area contributed by atoms with Crippen LogP contribution in [0.5, 0.6) is 0 Å². The van der Waals surface area contributed by atoms with E-state index in [1.807, 2.05) is 48.5 Å². The van der Waals surface area contributed by atoms with Crippen molar-refractivity contribution in [3.63, 3.8) is 0 Å². The molecule has 0 bridgehead atoms. The molecule has 0 aromatic heterocycles. The number of halogens is 2. The van der Waals surface area contributed by atoms with Crippen molar-refractivity contribution in [2.75, 3.05) is 36.8 Å². The van der Waals surface area contributed by atoms with Gasteiger partial charge in [0.1, 0.15) is 0 Å². The first-order chi connectivity index (χ1) is 17.0. The van der Waals surface area contributed by atoms with Crippen molar-refractivity contribution in [1.29, 1.82) is 0 Å². The maximum absolute atomic E-state index is 5.97. The van der Waals surface area contributed by atoms with E-state index in [9.17, 15) is 0 Å². The van der Waals surface area contributed by atoms with E-state index in [0.29, 0.717) is 0 Å². The quantitative estimate of drug-likeness (QED) is 0.360. The van der Waals surface area contributed by atoms with Crippen LogP contribution in [0.3, 0.4) is 0 Å². The van der Waals surface area contributed by atoms with Crippen molar-refractivity contribution in [2.24, 2.45) is 11.8 Å². The third-order valence-corrected chi connectivity index (χ3v) is 8.44. The summed E-state index contributed by atoms with van der Waals surface area (Å²) in [5.41, 5.74) is 1.99. The zero-order valence-corrected chi connectivity index (χ0v) is 23.2. The van der Waals surface area contributed by atoms with Crippen molar-refractivity contribution in [1.82, 2.24) is 9.80 Å². The summed E-state index contributed by atoms with van der Waals surface area (Å²) in [5.74, 6) is 1.64. The fourth-order valence-corrected chi connectivity index (χ4v) is 5.87. The van der Waals surface area contributed by atoms with Gasteiger partial charge in [-0.25, -0.2) is 0 Å². The first kappa shape index (κ1) is 26.5. The molecule has 2 aliphatic rings. The molecule has 35 heavy (non-hydrogen) atoms. The van der Waals surface area contributed by atoms with Crippen molar-refractivity contribution in [3.05, 3.63) is 58.6 Å². The number of thiocarbonyl (C=S) groups is 2. The normalized spacial score (nSPS) is 17.3. The molecule has 0 saturated carbocycles. The van der Waals surface area contributed by atoms with Crippen molar-refractivity contribution < 1.29 is 0 Å². The van der Waals surface area contributed by atoms with E-state index in [1.165, 1.54) is 44.9 Å². The van der Waals surface area contributed by atoms with Gasteiger partial charge in [0.15, 0.2) is 10.2 Å². The summed E-state index contributed by atoms with van der Waals surface area (Å²) in [6.45, 7) is 4.17. The minimum absolute atomic E-state index is 0.738. The predicted molar refractivity (Wildman–Crippen MR) is 158 cm³/mol. The molecule has 0 spiro atoms. The average molecular weight is 550 g/mol. The van der Waals surface area contributed by atoms with Gasteiger partial charge in [-0.1, -0.05) is 42.5 Å². The van der Waals surface area contributed by atoms with Crippen LogP contribution in [0.25, 0.3) is 0 Å². The Morgan fingerprint density at radius 2 is 1.00 bits per heavy atom. The Balaban J connectivity index is 1.09. The molecular weight excluding hydrogens is 515 g/mol. The number of hydrogen-bond acceptors (Lipinski definition) is 2. The highest BCUT2D eigenvalue weighted by Gasteiger charge is 2.23. The van der Waals surface area contributed by atoms with Crippen molar-refractivity contribution in [2.45, 2.75) is 44.9 Å². The Morgan fingerprint density at radius 1 is 0.657 bits per heavy atom. The lowest BCUT2D eigenvalue weighted by molar-refractivity contribution is 0.229. The number of piperidine rings is 2. The number of benzene rings is 2. The van der Waals surface area contributed by atoms with Gasteiger partial charge in [-0.2, -0.15) is 0 Å². The molecule has 2 N–H and O–H groups in total. The van der Waals surface area contributed by atoms with Gasteiger partial charge in [0.05, 0.1) is 0 Å². The summed E-state index contributed by atoms with van der Waals surface area (Å²) in [6.07, 6.45) is 8.91. The smallest absolute Gasteiger partial charge is 0.173 e. The summed E-state index contributed by atoms with van der Waals surface area (Å²) in [4.78, 5) is 4.61. The maximum Gasteiger partial charge on any atom is 0.173 e. The number of rotatable bonds is 6. The Labute approximate surface area is 230 Å². The fraction of sp³-hybridized carbons (Fsp3) is 0.481. The topological polar surface area (TPSA) is 30.5 Å². The molecule has 0 radical (unpaired) electrons. The molecule has 2 aliphatic heterocycles. The number of nitrogens with one attached hydrogen (secondary N) is 2. The van der Waals surface area contributed by atoms with Gasteiger partial charge in [0.2, 0.25) is 0 Å². The Morgan fingerprint density at radius 3 is 1.34 bits per heavy atom. The van der Waals surface area contributed by atoms with Crippen LogP contribution in [0.1, 0.15) is 44.9 Å². The third-order valence-electron chi connectivity index (χ3n) is 7.22. The number of likely N-dealkylation sites (tertiary alicyclic amines) is 2. The van der Waals surface area contributed by atoms with E-state index >= 15 is 0 Å². The zero-order chi connectivity index (χ0) is 24.6. The lowest BCUT2D eigenvalue weighted by Crippen LogP contribution is -2.41. The van der Waals surface area contributed by atoms with Gasteiger partial charge in [-0.15, -0.1) is 0 Å². The molecular formula is C27H34Cl2N4S2. The van der Waals surface area contributed by atoms with E-state index in [1.54, 1.807) is 0 Å². The Bertz CT molecular complexity index is 888. The summed E-state index contributed by atoms with van der Waals surface area (Å²) in [5, 5.41) is 9.80. The van der Waals surface area contributed by atoms with Crippen LogP contribution in [0.4, 0.5) is 11.4 Å². The fourth-order valence-electron chi connectivity index (χ4n) is 5.02.